The zero-order chi connectivity index (χ0) is 11.6. The molecule has 1 amide bonds. The second-order valence-electron chi connectivity index (χ2n) is 4.40. The summed E-state index contributed by atoms with van der Waals surface area (Å²) in [5.74, 6) is -1.44. The number of hydrogen-bond acceptors (Lipinski definition) is 3. The second kappa shape index (κ2) is 4.61. The van der Waals surface area contributed by atoms with E-state index in [0.29, 0.717) is 6.54 Å². The number of carbonyl (C=O) groups is 2. The third-order valence-electron chi connectivity index (χ3n) is 2.67. The van der Waals surface area contributed by atoms with Gasteiger partial charge in [-0.05, 0) is 21.0 Å². The number of carboxylic acid groups (broad SMARTS) is 1. The van der Waals surface area contributed by atoms with Crippen molar-refractivity contribution in [2.45, 2.75) is 19.4 Å². The molecule has 15 heavy (non-hydrogen) atoms. The van der Waals surface area contributed by atoms with E-state index in [2.05, 4.69) is 0 Å². The fourth-order valence-electron chi connectivity index (χ4n) is 1.95. The van der Waals surface area contributed by atoms with Gasteiger partial charge in [-0.25, -0.2) is 0 Å². The van der Waals surface area contributed by atoms with Crippen LogP contribution in [0, 0.1) is 5.92 Å². The summed E-state index contributed by atoms with van der Waals surface area (Å²) in [6.45, 7) is 3.06. The molecule has 5 heteroatoms. The number of carbonyl (C=O) groups excluding carboxylic acids is 1. The van der Waals surface area contributed by atoms with E-state index >= 15 is 0 Å². The molecule has 1 rings (SSSR count). The standard InChI is InChI=1S/C10H18N2O3/c1-7(5-11(2)3)12-6-8(10(14)15)4-9(12)13/h7-8H,4-6H2,1-3H3,(H,14,15). The highest BCUT2D eigenvalue weighted by molar-refractivity contribution is 5.86. The molecule has 2 unspecified atom stereocenters. The van der Waals surface area contributed by atoms with Gasteiger partial charge in [-0.15, -0.1) is 0 Å². The summed E-state index contributed by atoms with van der Waals surface area (Å²) in [7, 11) is 3.87. The topological polar surface area (TPSA) is 60.9 Å². The predicted molar refractivity (Wildman–Crippen MR) is 55.5 cm³/mol. The van der Waals surface area contributed by atoms with Gasteiger partial charge in [0.15, 0.2) is 0 Å². The van der Waals surface area contributed by atoms with Crippen molar-refractivity contribution in [3.05, 3.63) is 0 Å². The van der Waals surface area contributed by atoms with Gasteiger partial charge in [0.2, 0.25) is 5.91 Å². The Hall–Kier alpha value is -1.10. The molecule has 86 valence electrons. The molecule has 1 N–H and O–H groups in total. The van der Waals surface area contributed by atoms with Gasteiger partial charge in [0.05, 0.1) is 5.92 Å². The Balaban J connectivity index is 2.57. The smallest absolute Gasteiger partial charge is 0.308 e. The van der Waals surface area contributed by atoms with E-state index in [4.69, 9.17) is 5.11 Å². The lowest BCUT2D eigenvalue weighted by atomic mass is 10.1. The molecule has 1 heterocycles. The molecule has 2 atom stereocenters. The van der Waals surface area contributed by atoms with Gasteiger partial charge in [0.1, 0.15) is 0 Å². The average molecular weight is 214 g/mol. The molecule has 0 aromatic rings. The number of likely N-dealkylation sites (N-methyl/N-ethyl adjacent to an activating group) is 1. The van der Waals surface area contributed by atoms with Crippen LogP contribution >= 0.6 is 0 Å². The highest BCUT2D eigenvalue weighted by Gasteiger charge is 2.36. The van der Waals surface area contributed by atoms with E-state index < -0.39 is 11.9 Å². The van der Waals surface area contributed by atoms with Gasteiger partial charge in [-0.1, -0.05) is 0 Å². The number of nitrogens with zero attached hydrogens (tertiary/aromatic N) is 2. The van der Waals surface area contributed by atoms with E-state index in [1.54, 1.807) is 4.90 Å². The largest absolute Gasteiger partial charge is 0.481 e. The minimum Gasteiger partial charge on any atom is -0.481 e. The highest BCUT2D eigenvalue weighted by Crippen LogP contribution is 2.20. The van der Waals surface area contributed by atoms with Gasteiger partial charge in [-0.3, -0.25) is 9.59 Å². The van der Waals surface area contributed by atoms with Gasteiger partial charge in [0.25, 0.3) is 0 Å². The van der Waals surface area contributed by atoms with Crippen molar-refractivity contribution >= 4 is 11.9 Å². The van der Waals surface area contributed by atoms with Crippen molar-refractivity contribution in [1.82, 2.24) is 9.80 Å². The van der Waals surface area contributed by atoms with Crippen LogP contribution in [-0.2, 0) is 9.59 Å². The second-order valence-corrected chi connectivity index (χ2v) is 4.40. The minimum absolute atomic E-state index is 0.0447. The first kappa shape index (κ1) is 12.0. The van der Waals surface area contributed by atoms with E-state index in [1.165, 1.54) is 0 Å². The summed E-state index contributed by atoms with van der Waals surface area (Å²) in [6.07, 6.45) is 0.146. The van der Waals surface area contributed by atoms with Crippen molar-refractivity contribution in [3.63, 3.8) is 0 Å². The quantitative estimate of drug-likeness (QED) is 0.708. The third-order valence-corrected chi connectivity index (χ3v) is 2.67. The number of rotatable bonds is 4. The molecule has 0 spiro atoms. The van der Waals surface area contributed by atoms with Crippen LogP contribution < -0.4 is 0 Å². The first-order chi connectivity index (χ1) is 6.91. The maximum absolute atomic E-state index is 11.6. The monoisotopic (exact) mass is 214 g/mol. The van der Waals surface area contributed by atoms with E-state index in [9.17, 15) is 9.59 Å². The lowest BCUT2D eigenvalue weighted by Gasteiger charge is -2.27. The van der Waals surface area contributed by atoms with Gasteiger partial charge >= 0.3 is 5.97 Å². The maximum atomic E-state index is 11.6. The Morgan fingerprint density at radius 1 is 1.67 bits per heavy atom. The van der Waals surface area contributed by atoms with E-state index in [0.717, 1.165) is 6.54 Å². The molecule has 0 saturated carbocycles. The minimum atomic E-state index is -0.872. The summed E-state index contributed by atoms with van der Waals surface area (Å²) < 4.78 is 0. The molecule has 0 aromatic carbocycles. The Kier molecular flexibility index (Phi) is 3.68. The zero-order valence-corrected chi connectivity index (χ0v) is 9.43. The van der Waals surface area contributed by atoms with Crippen LogP contribution in [0.25, 0.3) is 0 Å². The normalized spacial score (nSPS) is 23.6. The Labute approximate surface area is 89.7 Å². The number of amides is 1. The van der Waals surface area contributed by atoms with E-state index in [1.807, 2.05) is 25.9 Å². The van der Waals surface area contributed by atoms with Gasteiger partial charge in [0, 0.05) is 25.6 Å². The molecule has 1 saturated heterocycles. The fourth-order valence-corrected chi connectivity index (χ4v) is 1.95. The van der Waals surface area contributed by atoms with Crippen LogP contribution in [0.3, 0.4) is 0 Å². The Morgan fingerprint density at radius 3 is 2.67 bits per heavy atom. The van der Waals surface area contributed by atoms with Crippen molar-refractivity contribution < 1.29 is 14.7 Å². The van der Waals surface area contributed by atoms with Crippen LogP contribution in [0.1, 0.15) is 13.3 Å². The lowest BCUT2D eigenvalue weighted by molar-refractivity contribution is -0.141. The maximum Gasteiger partial charge on any atom is 0.308 e. The number of aliphatic carboxylic acids is 1. The Bertz CT molecular complexity index is 265. The van der Waals surface area contributed by atoms with Crippen molar-refractivity contribution in [3.8, 4) is 0 Å². The molecular weight excluding hydrogens is 196 g/mol. The van der Waals surface area contributed by atoms with Gasteiger partial charge in [-0.2, -0.15) is 0 Å². The predicted octanol–water partition coefficient (Wildman–Crippen LogP) is -0.130. The third kappa shape index (κ3) is 2.92. The summed E-state index contributed by atoms with van der Waals surface area (Å²) in [4.78, 5) is 26.0. The van der Waals surface area contributed by atoms with Crippen LogP contribution in [0.15, 0.2) is 0 Å². The first-order valence-electron chi connectivity index (χ1n) is 5.08. The molecule has 0 aliphatic carbocycles. The summed E-state index contributed by atoms with van der Waals surface area (Å²) in [6, 6.07) is 0.0804. The van der Waals surface area contributed by atoms with Crippen molar-refractivity contribution in [2.75, 3.05) is 27.2 Å². The molecule has 1 aliphatic rings. The summed E-state index contributed by atoms with van der Waals surface area (Å²) in [5.41, 5.74) is 0. The molecule has 0 aromatic heterocycles. The van der Waals surface area contributed by atoms with Crippen LogP contribution in [0.4, 0.5) is 0 Å². The van der Waals surface area contributed by atoms with Crippen molar-refractivity contribution in [1.29, 1.82) is 0 Å². The number of hydrogen-bond donors (Lipinski definition) is 1. The SMILES string of the molecule is CC(CN(C)C)N1CC(C(=O)O)CC1=O. The fraction of sp³-hybridized carbons (Fsp3) is 0.800. The molecule has 0 bridgehead atoms. The highest BCUT2D eigenvalue weighted by atomic mass is 16.4. The molecule has 1 aliphatic heterocycles. The molecule has 1 fully saturated rings. The molecule has 5 nitrogen and oxygen atoms in total. The van der Waals surface area contributed by atoms with E-state index in [-0.39, 0.29) is 18.4 Å². The molecular formula is C10H18N2O3. The summed E-state index contributed by atoms with van der Waals surface area (Å²) in [5, 5.41) is 8.82. The van der Waals surface area contributed by atoms with Crippen LogP contribution in [-0.4, -0.2) is 60.0 Å². The van der Waals surface area contributed by atoms with Crippen LogP contribution in [0.5, 0.6) is 0 Å². The number of likely N-dealkylation sites (tertiary alicyclic amines) is 1. The first-order valence-corrected chi connectivity index (χ1v) is 5.08. The molecule has 0 radical (unpaired) electrons. The average Bonchev–Trinajstić information content (AvgIpc) is 2.46. The summed E-state index contributed by atoms with van der Waals surface area (Å²) >= 11 is 0. The zero-order valence-electron chi connectivity index (χ0n) is 9.43. The van der Waals surface area contributed by atoms with Crippen molar-refractivity contribution in [2.24, 2.45) is 5.92 Å². The lowest BCUT2D eigenvalue weighted by Crippen LogP contribution is -2.41. The number of carboxylic acids is 1. The van der Waals surface area contributed by atoms with Gasteiger partial charge < -0.3 is 14.9 Å². The Morgan fingerprint density at radius 2 is 2.27 bits per heavy atom. The van der Waals surface area contributed by atoms with Crippen LogP contribution in [0.2, 0.25) is 0 Å².